The lowest BCUT2D eigenvalue weighted by Gasteiger charge is -2.06. The third kappa shape index (κ3) is 1.56. The Morgan fingerprint density at radius 2 is 2.19 bits per heavy atom. The van der Waals surface area contributed by atoms with Gasteiger partial charge in [0, 0.05) is 17.1 Å². The second-order valence-corrected chi connectivity index (χ2v) is 3.43. The second kappa shape index (κ2) is 3.77. The Morgan fingerprint density at radius 1 is 1.44 bits per heavy atom. The summed E-state index contributed by atoms with van der Waals surface area (Å²) >= 11 is 0. The monoisotopic (exact) mass is 219 g/mol. The molecule has 0 saturated heterocycles. The number of aromatic nitrogens is 1. The number of fused-ring (bicyclic) bond motifs is 1. The van der Waals surface area contributed by atoms with Gasteiger partial charge in [0.25, 0.3) is 0 Å². The summed E-state index contributed by atoms with van der Waals surface area (Å²) in [5.74, 6) is -0.0467. The van der Waals surface area contributed by atoms with Crippen molar-refractivity contribution in [3.8, 4) is 0 Å². The number of hydrogen-bond donors (Lipinski definition) is 2. The van der Waals surface area contributed by atoms with Gasteiger partial charge in [-0.2, -0.15) is 0 Å². The molecule has 2 rings (SSSR count). The first kappa shape index (κ1) is 10.4. The summed E-state index contributed by atoms with van der Waals surface area (Å²) in [4.78, 5) is 3.97. The van der Waals surface area contributed by atoms with Crippen LogP contribution in [-0.4, -0.2) is 15.9 Å². The Balaban J connectivity index is 2.86. The van der Waals surface area contributed by atoms with Crippen LogP contribution in [0.15, 0.2) is 29.6 Å². The summed E-state index contributed by atoms with van der Waals surface area (Å²) in [5, 5.41) is 13.0. The first-order valence-corrected chi connectivity index (χ1v) is 4.66. The summed E-state index contributed by atoms with van der Waals surface area (Å²) < 4.78 is 13.2. The van der Waals surface area contributed by atoms with Crippen LogP contribution in [-0.2, 0) is 0 Å². The van der Waals surface area contributed by atoms with Crippen molar-refractivity contribution in [2.45, 2.75) is 6.92 Å². The number of nitrogens with two attached hydrogens (primary N) is 1. The van der Waals surface area contributed by atoms with Crippen molar-refractivity contribution in [2.75, 3.05) is 5.73 Å². The number of oxime groups is 1. The van der Waals surface area contributed by atoms with Gasteiger partial charge in [-0.05, 0) is 30.5 Å². The van der Waals surface area contributed by atoms with Gasteiger partial charge >= 0.3 is 0 Å². The molecule has 82 valence electrons. The van der Waals surface area contributed by atoms with Crippen LogP contribution in [0.5, 0.6) is 0 Å². The molecular weight excluding hydrogens is 209 g/mol. The van der Waals surface area contributed by atoms with Crippen LogP contribution < -0.4 is 5.73 Å². The molecular formula is C11H10FN3O. The quantitative estimate of drug-likeness (QED) is 0.438. The van der Waals surface area contributed by atoms with E-state index in [2.05, 4.69) is 10.1 Å². The summed E-state index contributed by atoms with van der Waals surface area (Å²) in [6, 6.07) is 4.22. The first-order valence-electron chi connectivity index (χ1n) is 4.66. The number of anilines is 1. The predicted octanol–water partition coefficient (Wildman–Crippen LogP) is 2.15. The molecule has 0 unspecified atom stereocenters. The Hall–Kier alpha value is -2.17. The maximum absolute atomic E-state index is 13.2. The number of halogens is 1. The Bertz CT molecular complexity index is 581. The maximum atomic E-state index is 13.2. The van der Waals surface area contributed by atoms with Crippen LogP contribution in [0.2, 0.25) is 0 Å². The number of nitrogens with zero attached hydrogens (tertiary/aromatic N) is 2. The highest BCUT2D eigenvalue weighted by molar-refractivity contribution is 6.11. The largest absolute Gasteiger partial charge is 0.411 e. The third-order valence-corrected chi connectivity index (χ3v) is 2.42. The molecule has 1 aromatic heterocycles. The summed E-state index contributed by atoms with van der Waals surface area (Å²) in [5.41, 5.74) is 6.61. The van der Waals surface area contributed by atoms with Gasteiger partial charge in [0.1, 0.15) is 11.6 Å². The zero-order chi connectivity index (χ0) is 11.7. The molecule has 5 heteroatoms. The Morgan fingerprint density at radius 3 is 2.88 bits per heavy atom. The summed E-state index contributed by atoms with van der Waals surface area (Å²) in [6.07, 6.45) is 1.46. The number of hydrogen-bond acceptors (Lipinski definition) is 4. The highest BCUT2D eigenvalue weighted by Gasteiger charge is 2.09. The average molecular weight is 219 g/mol. The van der Waals surface area contributed by atoms with Crippen molar-refractivity contribution in [3.63, 3.8) is 0 Å². The minimum Gasteiger partial charge on any atom is -0.411 e. The van der Waals surface area contributed by atoms with Crippen molar-refractivity contribution in [1.29, 1.82) is 0 Å². The molecule has 16 heavy (non-hydrogen) atoms. The average Bonchev–Trinajstić information content (AvgIpc) is 2.28. The molecule has 0 aliphatic carbocycles. The van der Waals surface area contributed by atoms with Gasteiger partial charge in [-0.25, -0.2) is 9.37 Å². The third-order valence-electron chi connectivity index (χ3n) is 2.42. The van der Waals surface area contributed by atoms with Gasteiger partial charge in [0.15, 0.2) is 0 Å². The van der Waals surface area contributed by atoms with Gasteiger partial charge in [0.05, 0.1) is 5.71 Å². The molecule has 0 aliphatic heterocycles. The fourth-order valence-electron chi connectivity index (χ4n) is 1.58. The fraction of sp³-hybridized carbons (Fsp3) is 0.0909. The number of rotatable bonds is 1. The zero-order valence-corrected chi connectivity index (χ0v) is 8.61. The van der Waals surface area contributed by atoms with Crippen molar-refractivity contribution < 1.29 is 9.60 Å². The SMILES string of the molecule is CC(=NO)c1cnc(N)c2ccc(F)cc12. The summed E-state index contributed by atoms with van der Waals surface area (Å²) in [6.45, 7) is 1.61. The van der Waals surface area contributed by atoms with Crippen molar-refractivity contribution >= 4 is 22.3 Å². The van der Waals surface area contributed by atoms with Crippen LogP contribution in [0.25, 0.3) is 10.8 Å². The van der Waals surface area contributed by atoms with Gasteiger partial charge in [-0.3, -0.25) is 0 Å². The topological polar surface area (TPSA) is 71.5 Å². The predicted molar refractivity (Wildman–Crippen MR) is 60.1 cm³/mol. The van der Waals surface area contributed by atoms with Crippen molar-refractivity contribution in [1.82, 2.24) is 4.98 Å². The second-order valence-electron chi connectivity index (χ2n) is 3.43. The van der Waals surface area contributed by atoms with Gasteiger partial charge < -0.3 is 10.9 Å². The molecule has 0 radical (unpaired) electrons. The molecule has 0 bridgehead atoms. The molecule has 0 saturated carbocycles. The lowest BCUT2D eigenvalue weighted by Crippen LogP contribution is -2.01. The van der Waals surface area contributed by atoms with E-state index in [1.165, 1.54) is 18.3 Å². The number of pyridine rings is 1. The Labute approximate surface area is 91.2 Å². The zero-order valence-electron chi connectivity index (χ0n) is 8.61. The molecule has 0 atom stereocenters. The minimum atomic E-state index is -0.370. The lowest BCUT2D eigenvalue weighted by molar-refractivity contribution is 0.319. The highest BCUT2D eigenvalue weighted by Crippen LogP contribution is 2.24. The molecule has 0 amide bonds. The fourth-order valence-corrected chi connectivity index (χ4v) is 1.58. The summed E-state index contributed by atoms with van der Waals surface area (Å²) in [7, 11) is 0. The molecule has 3 N–H and O–H groups in total. The number of benzene rings is 1. The van der Waals surface area contributed by atoms with Crippen LogP contribution in [0.1, 0.15) is 12.5 Å². The van der Waals surface area contributed by atoms with E-state index in [1.54, 1.807) is 13.0 Å². The van der Waals surface area contributed by atoms with Crippen LogP contribution in [0.3, 0.4) is 0 Å². The highest BCUT2D eigenvalue weighted by atomic mass is 19.1. The Kier molecular flexibility index (Phi) is 2.44. The van der Waals surface area contributed by atoms with Crippen LogP contribution >= 0.6 is 0 Å². The van der Waals surface area contributed by atoms with E-state index in [0.717, 1.165) is 0 Å². The van der Waals surface area contributed by atoms with Gasteiger partial charge in [-0.15, -0.1) is 0 Å². The van der Waals surface area contributed by atoms with Crippen molar-refractivity contribution in [3.05, 3.63) is 35.8 Å². The molecule has 0 aliphatic rings. The van der Waals surface area contributed by atoms with E-state index in [-0.39, 0.29) is 5.82 Å². The van der Waals surface area contributed by atoms with Crippen molar-refractivity contribution in [2.24, 2.45) is 5.16 Å². The molecule has 0 fully saturated rings. The standard InChI is InChI=1S/C11H10FN3O/c1-6(15-16)10-5-14-11(13)8-3-2-7(12)4-9(8)10/h2-5,16H,1H3,(H2,13,14). The van der Waals surface area contributed by atoms with Crippen LogP contribution in [0.4, 0.5) is 10.2 Å². The molecule has 2 aromatic rings. The van der Waals surface area contributed by atoms with Gasteiger partial charge in [0.2, 0.25) is 0 Å². The smallest absolute Gasteiger partial charge is 0.131 e. The molecule has 1 aromatic carbocycles. The van der Waals surface area contributed by atoms with Crippen LogP contribution in [0, 0.1) is 5.82 Å². The first-order chi connectivity index (χ1) is 7.63. The minimum absolute atomic E-state index is 0.324. The molecule has 0 spiro atoms. The normalized spacial score (nSPS) is 12.0. The van der Waals surface area contributed by atoms with E-state index in [4.69, 9.17) is 10.9 Å². The van der Waals surface area contributed by atoms with E-state index in [9.17, 15) is 4.39 Å². The number of nitrogen functional groups attached to an aromatic ring is 1. The van der Waals surface area contributed by atoms with E-state index < -0.39 is 0 Å². The molecule has 1 heterocycles. The van der Waals surface area contributed by atoms with E-state index in [1.807, 2.05) is 0 Å². The molecule has 4 nitrogen and oxygen atoms in total. The van der Waals surface area contributed by atoms with E-state index >= 15 is 0 Å². The maximum Gasteiger partial charge on any atom is 0.131 e. The van der Waals surface area contributed by atoms with Gasteiger partial charge in [-0.1, -0.05) is 5.16 Å². The van der Waals surface area contributed by atoms with E-state index in [0.29, 0.717) is 27.9 Å². The lowest BCUT2D eigenvalue weighted by atomic mass is 10.0.